The second-order valence-electron chi connectivity index (χ2n) is 8.24. The third-order valence-corrected chi connectivity index (χ3v) is 7.75. The molecule has 1 aromatic rings. The number of ether oxygens (including phenoxy) is 2. The van der Waals surface area contributed by atoms with Crippen molar-refractivity contribution in [2.45, 2.75) is 31.1 Å². The Hall–Kier alpha value is -1.84. The SMILES string of the molecule is COC(=O)[C@@H]1[C@H]2CC[C@@H]([C@H]1C(=O)OC)[C@H]1[C@@H]2[C@H]2C[C@@H]1c1ccccc12. The molecule has 4 heteroatoms. The van der Waals surface area contributed by atoms with Crippen LogP contribution in [0.25, 0.3) is 0 Å². The van der Waals surface area contributed by atoms with E-state index in [2.05, 4.69) is 24.3 Å². The first-order chi connectivity index (χ1) is 12.2. The Morgan fingerprint density at radius 3 is 1.68 bits per heavy atom. The quantitative estimate of drug-likeness (QED) is 0.776. The highest BCUT2D eigenvalue weighted by atomic mass is 16.5. The number of fused-ring (bicyclic) bond motifs is 7. The molecule has 132 valence electrons. The van der Waals surface area contributed by atoms with Crippen molar-refractivity contribution in [1.29, 1.82) is 0 Å². The van der Waals surface area contributed by atoms with E-state index in [0.29, 0.717) is 23.7 Å². The molecule has 0 heterocycles. The lowest BCUT2D eigenvalue weighted by Gasteiger charge is -2.56. The van der Waals surface area contributed by atoms with E-state index in [4.69, 9.17) is 9.47 Å². The maximum absolute atomic E-state index is 12.6. The molecule has 5 aliphatic carbocycles. The first-order valence-electron chi connectivity index (χ1n) is 9.41. The van der Waals surface area contributed by atoms with Gasteiger partial charge in [0, 0.05) is 0 Å². The molecule has 8 atom stereocenters. The van der Waals surface area contributed by atoms with Crippen molar-refractivity contribution in [3.63, 3.8) is 0 Å². The van der Waals surface area contributed by atoms with Gasteiger partial charge in [0.15, 0.2) is 0 Å². The number of rotatable bonds is 2. The Balaban J connectivity index is 1.61. The highest BCUT2D eigenvalue weighted by Crippen LogP contribution is 2.71. The second-order valence-corrected chi connectivity index (χ2v) is 8.24. The summed E-state index contributed by atoms with van der Waals surface area (Å²) >= 11 is 0. The lowest BCUT2D eigenvalue weighted by atomic mass is 9.47. The summed E-state index contributed by atoms with van der Waals surface area (Å²) in [5.41, 5.74) is 2.97. The second kappa shape index (κ2) is 5.33. The monoisotopic (exact) mass is 340 g/mol. The molecular weight excluding hydrogens is 316 g/mol. The number of hydrogen-bond acceptors (Lipinski definition) is 4. The summed E-state index contributed by atoms with van der Waals surface area (Å²) in [4.78, 5) is 25.2. The van der Waals surface area contributed by atoms with Crippen LogP contribution < -0.4 is 0 Å². The third kappa shape index (κ3) is 1.83. The predicted octanol–water partition coefficient (Wildman–Crippen LogP) is 3.12. The van der Waals surface area contributed by atoms with Crippen LogP contribution in [0.2, 0.25) is 0 Å². The Morgan fingerprint density at radius 1 is 0.840 bits per heavy atom. The van der Waals surface area contributed by atoms with Crippen LogP contribution in [0.3, 0.4) is 0 Å². The Labute approximate surface area is 147 Å². The van der Waals surface area contributed by atoms with Crippen molar-refractivity contribution in [2.24, 2.45) is 35.5 Å². The molecule has 0 aliphatic heterocycles. The van der Waals surface area contributed by atoms with Gasteiger partial charge in [0.2, 0.25) is 0 Å². The fraction of sp³-hybridized carbons (Fsp3) is 0.619. The zero-order valence-corrected chi connectivity index (χ0v) is 14.7. The molecule has 4 bridgehead atoms. The highest BCUT2D eigenvalue weighted by Gasteiger charge is 2.66. The molecule has 4 nitrogen and oxygen atoms in total. The molecule has 0 radical (unpaired) electrons. The summed E-state index contributed by atoms with van der Waals surface area (Å²) in [6.07, 6.45) is 3.25. The van der Waals surface area contributed by atoms with Gasteiger partial charge in [-0.3, -0.25) is 9.59 Å². The number of methoxy groups -OCH3 is 2. The van der Waals surface area contributed by atoms with Crippen molar-refractivity contribution in [1.82, 2.24) is 0 Å². The zero-order valence-electron chi connectivity index (χ0n) is 14.7. The van der Waals surface area contributed by atoms with Crippen molar-refractivity contribution < 1.29 is 19.1 Å². The van der Waals surface area contributed by atoms with Crippen LogP contribution in [0.1, 0.15) is 42.2 Å². The Kier molecular flexibility index (Phi) is 3.28. The summed E-state index contributed by atoms with van der Waals surface area (Å²) in [5, 5.41) is 0. The molecular formula is C21H24O4. The van der Waals surface area contributed by atoms with Gasteiger partial charge in [-0.25, -0.2) is 0 Å². The molecule has 0 N–H and O–H groups in total. The van der Waals surface area contributed by atoms with Gasteiger partial charge in [-0.1, -0.05) is 24.3 Å². The minimum absolute atomic E-state index is 0.223. The summed E-state index contributed by atoms with van der Waals surface area (Å²) in [6.45, 7) is 0. The first-order valence-corrected chi connectivity index (χ1v) is 9.41. The van der Waals surface area contributed by atoms with Gasteiger partial charge >= 0.3 is 11.9 Å². The standard InChI is InChI=1S/C21H24O4/c1-24-20(22)18-12-7-8-13(19(18)21(23)25-2)17-15-9-14(16(12)17)10-5-3-4-6-11(10)15/h3-6,12-19H,7-9H2,1-2H3/t12-,13+,14-,15+,16-,17+,18-,19-/m1/s1. The molecule has 4 saturated carbocycles. The third-order valence-electron chi connectivity index (χ3n) is 7.75. The van der Waals surface area contributed by atoms with E-state index in [0.717, 1.165) is 12.8 Å². The van der Waals surface area contributed by atoms with E-state index in [1.807, 2.05) is 0 Å². The van der Waals surface area contributed by atoms with Crippen LogP contribution in [0.4, 0.5) is 0 Å². The van der Waals surface area contributed by atoms with Gasteiger partial charge in [-0.05, 0) is 65.9 Å². The maximum Gasteiger partial charge on any atom is 0.309 e. The Morgan fingerprint density at radius 2 is 1.28 bits per heavy atom. The van der Waals surface area contributed by atoms with E-state index in [-0.39, 0.29) is 35.6 Å². The van der Waals surface area contributed by atoms with E-state index in [1.54, 1.807) is 0 Å². The molecule has 0 saturated heterocycles. The molecule has 0 unspecified atom stereocenters. The highest BCUT2D eigenvalue weighted by molar-refractivity contribution is 5.83. The minimum Gasteiger partial charge on any atom is -0.469 e. The van der Waals surface area contributed by atoms with Crippen LogP contribution >= 0.6 is 0 Å². The van der Waals surface area contributed by atoms with Gasteiger partial charge in [0.25, 0.3) is 0 Å². The summed E-state index contributed by atoms with van der Waals surface area (Å²) in [7, 11) is 2.87. The average molecular weight is 340 g/mol. The molecule has 6 rings (SSSR count). The van der Waals surface area contributed by atoms with Crippen molar-refractivity contribution >= 4 is 11.9 Å². The fourth-order valence-corrected chi connectivity index (χ4v) is 7.20. The van der Waals surface area contributed by atoms with Gasteiger partial charge < -0.3 is 9.47 Å². The van der Waals surface area contributed by atoms with Gasteiger partial charge in [-0.15, -0.1) is 0 Å². The predicted molar refractivity (Wildman–Crippen MR) is 90.7 cm³/mol. The number of benzene rings is 1. The summed E-state index contributed by atoms with van der Waals surface area (Å²) in [6, 6.07) is 8.79. The molecule has 4 fully saturated rings. The van der Waals surface area contributed by atoms with Crippen LogP contribution in [0, 0.1) is 35.5 Å². The topological polar surface area (TPSA) is 52.6 Å². The average Bonchev–Trinajstić information content (AvgIpc) is 3.25. The van der Waals surface area contributed by atoms with Crippen molar-refractivity contribution in [3.05, 3.63) is 35.4 Å². The largest absolute Gasteiger partial charge is 0.469 e. The Bertz CT molecular complexity index is 680. The van der Waals surface area contributed by atoms with Crippen LogP contribution in [0.15, 0.2) is 24.3 Å². The minimum atomic E-state index is -0.330. The normalized spacial score (nSPS) is 42.6. The van der Waals surface area contributed by atoms with Gasteiger partial charge in [-0.2, -0.15) is 0 Å². The first kappa shape index (κ1) is 15.4. The molecule has 0 aromatic heterocycles. The summed E-state index contributed by atoms with van der Waals surface area (Å²) in [5.74, 6) is 1.51. The number of esters is 2. The number of hydrogen-bond donors (Lipinski definition) is 0. The lowest BCUT2D eigenvalue weighted by molar-refractivity contribution is -0.179. The van der Waals surface area contributed by atoms with E-state index < -0.39 is 0 Å². The van der Waals surface area contributed by atoms with Crippen molar-refractivity contribution in [2.75, 3.05) is 14.2 Å². The van der Waals surface area contributed by atoms with Gasteiger partial charge in [0.05, 0.1) is 26.1 Å². The van der Waals surface area contributed by atoms with Crippen molar-refractivity contribution in [3.8, 4) is 0 Å². The molecule has 0 spiro atoms. The number of carbonyl (C=O) groups excluding carboxylic acids is 2. The lowest BCUT2D eigenvalue weighted by Crippen LogP contribution is -2.57. The molecule has 0 amide bonds. The fourth-order valence-electron chi connectivity index (χ4n) is 7.20. The smallest absolute Gasteiger partial charge is 0.309 e. The maximum atomic E-state index is 12.6. The molecule has 5 aliphatic rings. The molecule has 1 aromatic carbocycles. The molecule has 25 heavy (non-hydrogen) atoms. The van der Waals surface area contributed by atoms with Crippen LogP contribution in [0.5, 0.6) is 0 Å². The zero-order chi connectivity index (χ0) is 17.3. The number of carbonyl (C=O) groups is 2. The van der Waals surface area contributed by atoms with Crippen LogP contribution in [-0.4, -0.2) is 26.2 Å². The van der Waals surface area contributed by atoms with Gasteiger partial charge in [0.1, 0.15) is 0 Å². The van der Waals surface area contributed by atoms with Crippen LogP contribution in [-0.2, 0) is 19.1 Å². The van der Waals surface area contributed by atoms with E-state index in [1.165, 1.54) is 31.8 Å². The van der Waals surface area contributed by atoms with E-state index >= 15 is 0 Å². The van der Waals surface area contributed by atoms with E-state index in [9.17, 15) is 9.59 Å². The summed E-state index contributed by atoms with van der Waals surface area (Å²) < 4.78 is 10.2.